The topological polar surface area (TPSA) is 90.1 Å². The highest BCUT2D eigenvalue weighted by Gasteiger charge is 2.13. The predicted molar refractivity (Wildman–Crippen MR) is 81.3 cm³/mol. The normalized spacial score (nSPS) is 10.2. The predicted octanol–water partition coefficient (Wildman–Crippen LogP) is 2.76. The summed E-state index contributed by atoms with van der Waals surface area (Å²) in [5.41, 5.74) is 7.24. The van der Waals surface area contributed by atoms with Crippen LogP contribution < -0.4 is 15.8 Å². The van der Waals surface area contributed by atoms with Crippen LogP contribution in [-0.2, 0) is 11.2 Å². The number of hydrogen-bond acceptors (Lipinski definition) is 5. The molecule has 0 bridgehead atoms. The number of nitrogens with zero attached hydrogens (tertiary/aromatic N) is 2. The molecule has 3 N–H and O–H groups in total. The van der Waals surface area contributed by atoms with E-state index in [1.807, 2.05) is 19.1 Å². The van der Waals surface area contributed by atoms with Gasteiger partial charge in [-0.15, -0.1) is 0 Å². The van der Waals surface area contributed by atoms with Gasteiger partial charge in [-0.2, -0.15) is 0 Å². The van der Waals surface area contributed by atoms with E-state index in [0.29, 0.717) is 23.1 Å². The fourth-order valence-electron chi connectivity index (χ4n) is 1.93. The first kappa shape index (κ1) is 14.8. The minimum Gasteiger partial charge on any atom is -0.436 e. The number of carbonyl (C=O) groups excluding carboxylic acids is 1. The number of para-hydroxylation sites is 2. The zero-order valence-electron chi connectivity index (χ0n) is 12.1. The molecule has 21 heavy (non-hydrogen) atoms. The number of nitrogens with two attached hydrogens (primary N) is 1. The van der Waals surface area contributed by atoms with E-state index >= 15 is 0 Å². The summed E-state index contributed by atoms with van der Waals surface area (Å²) in [5, 5.41) is 2.72. The molecule has 2 aromatic rings. The maximum absolute atomic E-state index is 11.2. The minimum absolute atomic E-state index is 0.165. The average molecular weight is 286 g/mol. The molecule has 1 aromatic carbocycles. The highest BCUT2D eigenvalue weighted by molar-refractivity contribution is 5.90. The van der Waals surface area contributed by atoms with Crippen molar-refractivity contribution >= 4 is 17.4 Å². The lowest BCUT2D eigenvalue weighted by atomic mass is 10.2. The second-order valence-corrected chi connectivity index (χ2v) is 4.57. The molecule has 0 atom stereocenters. The molecule has 6 nitrogen and oxygen atoms in total. The molecule has 0 unspecified atom stereocenters. The molecule has 0 aliphatic heterocycles. The molecule has 0 saturated heterocycles. The van der Waals surface area contributed by atoms with Crippen molar-refractivity contribution < 1.29 is 9.53 Å². The lowest BCUT2D eigenvalue weighted by Crippen LogP contribution is -2.08. The Labute approximate surface area is 123 Å². The third-order valence-corrected chi connectivity index (χ3v) is 2.84. The molecule has 0 saturated carbocycles. The Bertz CT molecular complexity index is 643. The maximum atomic E-state index is 11.2. The Kier molecular flexibility index (Phi) is 4.71. The zero-order chi connectivity index (χ0) is 15.2. The van der Waals surface area contributed by atoms with Gasteiger partial charge in [0.15, 0.2) is 5.75 Å². The molecule has 6 heteroatoms. The van der Waals surface area contributed by atoms with Crippen LogP contribution in [0.5, 0.6) is 11.6 Å². The Morgan fingerprint density at radius 2 is 2.10 bits per heavy atom. The summed E-state index contributed by atoms with van der Waals surface area (Å²) in [7, 11) is 0. The van der Waals surface area contributed by atoms with Crippen LogP contribution in [0.2, 0.25) is 0 Å². The van der Waals surface area contributed by atoms with Gasteiger partial charge in [-0.25, -0.2) is 9.97 Å². The fraction of sp³-hybridized carbons (Fsp3) is 0.267. The van der Waals surface area contributed by atoms with E-state index in [-0.39, 0.29) is 5.91 Å². The molecular weight excluding hydrogens is 268 g/mol. The van der Waals surface area contributed by atoms with Gasteiger partial charge >= 0.3 is 0 Å². The van der Waals surface area contributed by atoms with E-state index in [4.69, 9.17) is 10.5 Å². The number of benzene rings is 1. The van der Waals surface area contributed by atoms with E-state index in [1.165, 1.54) is 13.3 Å². The lowest BCUT2D eigenvalue weighted by molar-refractivity contribution is -0.114. The first-order chi connectivity index (χ1) is 10.1. The monoisotopic (exact) mass is 286 g/mol. The Balaban J connectivity index is 2.34. The van der Waals surface area contributed by atoms with Crippen molar-refractivity contribution in [2.24, 2.45) is 0 Å². The number of nitrogen functional groups attached to an aromatic ring is 1. The Morgan fingerprint density at radius 3 is 2.81 bits per heavy atom. The van der Waals surface area contributed by atoms with Crippen LogP contribution in [0.4, 0.5) is 11.5 Å². The third kappa shape index (κ3) is 3.68. The number of amides is 1. The summed E-state index contributed by atoms with van der Waals surface area (Å²) >= 11 is 0. The van der Waals surface area contributed by atoms with E-state index in [2.05, 4.69) is 15.3 Å². The third-order valence-electron chi connectivity index (χ3n) is 2.84. The van der Waals surface area contributed by atoms with Crippen LogP contribution in [0, 0.1) is 0 Å². The van der Waals surface area contributed by atoms with E-state index in [0.717, 1.165) is 18.4 Å². The minimum atomic E-state index is -0.165. The Hall–Kier alpha value is -2.63. The molecule has 110 valence electrons. The van der Waals surface area contributed by atoms with Crippen molar-refractivity contribution in [3.63, 3.8) is 0 Å². The average Bonchev–Trinajstić information content (AvgIpc) is 2.44. The summed E-state index contributed by atoms with van der Waals surface area (Å²) in [6, 6.07) is 7.17. The van der Waals surface area contributed by atoms with Gasteiger partial charge in [-0.05, 0) is 18.6 Å². The number of ether oxygens (including phenoxy) is 1. The van der Waals surface area contributed by atoms with Crippen molar-refractivity contribution in [3.05, 3.63) is 36.2 Å². The highest BCUT2D eigenvalue weighted by Crippen LogP contribution is 2.31. The zero-order valence-corrected chi connectivity index (χ0v) is 12.1. The van der Waals surface area contributed by atoms with Gasteiger partial charge in [-0.3, -0.25) is 4.79 Å². The molecule has 0 fully saturated rings. The summed E-state index contributed by atoms with van der Waals surface area (Å²) in [6.45, 7) is 3.49. The quantitative estimate of drug-likeness (QED) is 0.882. The van der Waals surface area contributed by atoms with Gasteiger partial charge < -0.3 is 15.8 Å². The van der Waals surface area contributed by atoms with Gasteiger partial charge in [0.2, 0.25) is 11.8 Å². The second kappa shape index (κ2) is 6.69. The van der Waals surface area contributed by atoms with Crippen LogP contribution in [0.15, 0.2) is 30.6 Å². The molecule has 0 aliphatic carbocycles. The number of aromatic nitrogens is 2. The summed E-state index contributed by atoms with van der Waals surface area (Å²) in [6.07, 6.45) is 3.00. The van der Waals surface area contributed by atoms with Crippen LogP contribution in [-0.4, -0.2) is 15.9 Å². The molecular formula is C15H18N4O2. The van der Waals surface area contributed by atoms with E-state index in [1.54, 1.807) is 12.1 Å². The number of carbonyl (C=O) groups is 1. The molecule has 0 radical (unpaired) electrons. The van der Waals surface area contributed by atoms with Crippen molar-refractivity contribution in [3.8, 4) is 11.6 Å². The van der Waals surface area contributed by atoms with Crippen LogP contribution in [0.25, 0.3) is 0 Å². The number of hydrogen-bond donors (Lipinski definition) is 2. The second-order valence-electron chi connectivity index (χ2n) is 4.57. The van der Waals surface area contributed by atoms with Crippen molar-refractivity contribution in [2.75, 3.05) is 11.1 Å². The summed E-state index contributed by atoms with van der Waals surface area (Å²) < 4.78 is 5.83. The van der Waals surface area contributed by atoms with Gasteiger partial charge in [0, 0.05) is 6.92 Å². The van der Waals surface area contributed by atoms with E-state index < -0.39 is 0 Å². The van der Waals surface area contributed by atoms with Gasteiger partial charge in [0.05, 0.1) is 11.3 Å². The molecule has 1 aromatic heterocycles. The van der Waals surface area contributed by atoms with Gasteiger partial charge in [0.25, 0.3) is 0 Å². The smallest absolute Gasteiger partial charge is 0.227 e. The molecule has 1 heterocycles. The molecule has 1 amide bonds. The standard InChI is InChI=1S/C15H18N4O2/c1-3-6-11-14(16)17-9-18-15(11)21-13-8-5-4-7-12(13)19-10(2)20/h4-5,7-9H,3,6H2,1-2H3,(H,19,20)(H2,16,17,18). The largest absolute Gasteiger partial charge is 0.436 e. The number of rotatable bonds is 5. The van der Waals surface area contributed by atoms with Gasteiger partial charge in [-0.1, -0.05) is 25.5 Å². The lowest BCUT2D eigenvalue weighted by Gasteiger charge is -2.13. The number of nitrogens with one attached hydrogen (secondary N) is 1. The molecule has 0 aliphatic rings. The molecule has 0 spiro atoms. The summed E-state index contributed by atoms with van der Waals surface area (Å²) in [5.74, 6) is 1.19. The van der Waals surface area contributed by atoms with Crippen molar-refractivity contribution in [1.29, 1.82) is 0 Å². The van der Waals surface area contributed by atoms with Gasteiger partial charge in [0.1, 0.15) is 12.1 Å². The van der Waals surface area contributed by atoms with Crippen molar-refractivity contribution in [1.82, 2.24) is 9.97 Å². The maximum Gasteiger partial charge on any atom is 0.227 e. The van der Waals surface area contributed by atoms with Crippen molar-refractivity contribution in [2.45, 2.75) is 26.7 Å². The van der Waals surface area contributed by atoms with E-state index in [9.17, 15) is 4.79 Å². The Morgan fingerprint density at radius 1 is 1.33 bits per heavy atom. The van der Waals surface area contributed by atoms with Crippen LogP contribution in [0.3, 0.4) is 0 Å². The SMILES string of the molecule is CCCc1c(N)ncnc1Oc1ccccc1NC(C)=O. The van der Waals surface area contributed by atoms with Crippen LogP contribution in [0.1, 0.15) is 25.8 Å². The fourth-order valence-corrected chi connectivity index (χ4v) is 1.93. The van der Waals surface area contributed by atoms with Crippen LogP contribution >= 0.6 is 0 Å². The first-order valence-electron chi connectivity index (χ1n) is 6.75. The first-order valence-corrected chi connectivity index (χ1v) is 6.75. The highest BCUT2D eigenvalue weighted by atomic mass is 16.5. The molecule has 2 rings (SSSR count). The summed E-state index contributed by atoms with van der Waals surface area (Å²) in [4.78, 5) is 19.4. The number of anilines is 2.